The van der Waals surface area contributed by atoms with Crippen LogP contribution in [0.15, 0.2) is 66.1 Å². The maximum atomic E-state index is 14.4. The van der Waals surface area contributed by atoms with Gasteiger partial charge in [0.1, 0.15) is 11.4 Å². The van der Waals surface area contributed by atoms with Crippen LogP contribution < -0.4 is 20.5 Å². The van der Waals surface area contributed by atoms with Gasteiger partial charge in [-0.3, -0.25) is 9.59 Å². The van der Waals surface area contributed by atoms with E-state index >= 15 is 0 Å². The topological polar surface area (TPSA) is 63.6 Å². The normalized spacial score (nSPS) is 10.5. The SMILES string of the molecule is C=CC(=O)Nc1ccc(Oc2ccc(C)cc2F)c(-c2cc(N(C)C)c(=O)n(C)c2)c1. The number of halogens is 1. The van der Waals surface area contributed by atoms with E-state index in [0.717, 1.165) is 5.56 Å². The van der Waals surface area contributed by atoms with Gasteiger partial charge in [-0.15, -0.1) is 0 Å². The standard InChI is InChI=1S/C24H24FN3O3/c1-6-23(29)26-17-8-10-21(31-22-9-7-15(2)11-19(22)25)18(13-17)16-12-20(27(3)4)24(30)28(5)14-16/h6-14H,1H2,2-5H3,(H,26,29). The number of carbonyl (C=O) groups is 1. The van der Waals surface area contributed by atoms with E-state index in [9.17, 15) is 14.0 Å². The Bertz CT molecular complexity index is 1220. The summed E-state index contributed by atoms with van der Waals surface area (Å²) in [7, 11) is 5.21. The predicted molar refractivity (Wildman–Crippen MR) is 121 cm³/mol. The number of pyridine rings is 1. The van der Waals surface area contributed by atoms with Gasteiger partial charge in [-0.05, 0) is 55.0 Å². The van der Waals surface area contributed by atoms with E-state index < -0.39 is 5.82 Å². The fourth-order valence-electron chi connectivity index (χ4n) is 3.08. The molecule has 6 nitrogen and oxygen atoms in total. The predicted octanol–water partition coefficient (Wildman–Crippen LogP) is 4.48. The second-order valence-corrected chi connectivity index (χ2v) is 7.36. The van der Waals surface area contributed by atoms with Gasteiger partial charge in [-0.25, -0.2) is 4.39 Å². The van der Waals surface area contributed by atoms with Crippen LogP contribution in [0.1, 0.15) is 5.56 Å². The quantitative estimate of drug-likeness (QED) is 0.596. The summed E-state index contributed by atoms with van der Waals surface area (Å²) in [6.07, 6.45) is 2.84. The first-order chi connectivity index (χ1) is 14.7. The molecule has 0 fully saturated rings. The summed E-state index contributed by atoms with van der Waals surface area (Å²) >= 11 is 0. The molecule has 0 radical (unpaired) electrons. The average Bonchev–Trinajstić information content (AvgIpc) is 2.72. The molecule has 3 rings (SSSR count). The lowest BCUT2D eigenvalue weighted by molar-refractivity contribution is -0.111. The Balaban J connectivity index is 2.17. The van der Waals surface area contributed by atoms with Crippen molar-refractivity contribution in [3.63, 3.8) is 0 Å². The van der Waals surface area contributed by atoms with Crippen molar-refractivity contribution in [2.24, 2.45) is 7.05 Å². The number of aromatic nitrogens is 1. The highest BCUT2D eigenvalue weighted by Crippen LogP contribution is 2.37. The fraction of sp³-hybridized carbons (Fsp3) is 0.167. The van der Waals surface area contributed by atoms with Crippen molar-refractivity contribution in [1.29, 1.82) is 0 Å². The van der Waals surface area contributed by atoms with Crippen LogP contribution in [-0.4, -0.2) is 24.6 Å². The lowest BCUT2D eigenvalue weighted by Crippen LogP contribution is -2.25. The molecule has 0 spiro atoms. The Labute approximate surface area is 180 Å². The number of carbonyl (C=O) groups excluding carboxylic acids is 1. The van der Waals surface area contributed by atoms with Gasteiger partial charge in [0.15, 0.2) is 11.6 Å². The fourth-order valence-corrected chi connectivity index (χ4v) is 3.08. The molecule has 1 amide bonds. The van der Waals surface area contributed by atoms with E-state index in [1.165, 1.54) is 16.7 Å². The molecule has 160 valence electrons. The Morgan fingerprint density at radius 1 is 1.16 bits per heavy atom. The van der Waals surface area contributed by atoms with Crippen molar-refractivity contribution in [2.45, 2.75) is 6.92 Å². The Morgan fingerprint density at radius 3 is 2.52 bits per heavy atom. The van der Waals surface area contributed by atoms with Crippen molar-refractivity contribution in [2.75, 3.05) is 24.3 Å². The summed E-state index contributed by atoms with van der Waals surface area (Å²) in [6.45, 7) is 5.25. The summed E-state index contributed by atoms with van der Waals surface area (Å²) < 4.78 is 21.8. The number of hydrogen-bond acceptors (Lipinski definition) is 4. The van der Waals surface area contributed by atoms with Crippen molar-refractivity contribution >= 4 is 17.3 Å². The molecule has 1 aromatic heterocycles. The number of anilines is 2. The van der Waals surface area contributed by atoms with E-state index in [0.29, 0.717) is 28.3 Å². The van der Waals surface area contributed by atoms with Crippen LogP contribution in [0.5, 0.6) is 11.5 Å². The Kier molecular flexibility index (Phi) is 6.25. The number of benzene rings is 2. The summed E-state index contributed by atoms with van der Waals surface area (Å²) in [5, 5.41) is 2.71. The van der Waals surface area contributed by atoms with Crippen LogP contribution in [-0.2, 0) is 11.8 Å². The molecule has 0 saturated heterocycles. The molecule has 0 saturated carbocycles. The maximum absolute atomic E-state index is 14.4. The van der Waals surface area contributed by atoms with Crippen molar-refractivity contribution in [3.05, 3.63) is 83.1 Å². The molecule has 0 atom stereocenters. The lowest BCUT2D eigenvalue weighted by atomic mass is 10.0. The highest BCUT2D eigenvalue weighted by Gasteiger charge is 2.15. The van der Waals surface area contributed by atoms with E-state index in [1.807, 2.05) is 0 Å². The minimum absolute atomic E-state index is 0.0763. The van der Waals surface area contributed by atoms with Gasteiger partial charge in [-0.2, -0.15) is 0 Å². The van der Waals surface area contributed by atoms with Gasteiger partial charge in [0, 0.05) is 44.2 Å². The minimum Gasteiger partial charge on any atom is -0.454 e. The largest absolute Gasteiger partial charge is 0.454 e. The van der Waals surface area contributed by atoms with Crippen LogP contribution in [0.25, 0.3) is 11.1 Å². The van der Waals surface area contributed by atoms with Gasteiger partial charge in [0.2, 0.25) is 5.91 Å². The lowest BCUT2D eigenvalue weighted by Gasteiger charge is -2.18. The zero-order valence-electron chi connectivity index (χ0n) is 17.9. The van der Waals surface area contributed by atoms with Crippen molar-refractivity contribution in [1.82, 2.24) is 4.57 Å². The van der Waals surface area contributed by atoms with Crippen LogP contribution in [0.4, 0.5) is 15.8 Å². The van der Waals surface area contributed by atoms with Gasteiger partial charge < -0.3 is 19.5 Å². The van der Waals surface area contributed by atoms with Crippen LogP contribution in [0.3, 0.4) is 0 Å². The van der Waals surface area contributed by atoms with Crippen LogP contribution in [0.2, 0.25) is 0 Å². The average molecular weight is 421 g/mol. The first-order valence-electron chi connectivity index (χ1n) is 9.59. The molecule has 31 heavy (non-hydrogen) atoms. The molecule has 0 unspecified atom stereocenters. The second kappa shape index (κ2) is 8.87. The molecule has 1 heterocycles. The number of nitrogens with one attached hydrogen (secondary N) is 1. The van der Waals surface area contributed by atoms with Gasteiger partial charge in [0.05, 0.1) is 0 Å². The molecule has 3 aromatic rings. The van der Waals surface area contributed by atoms with Crippen molar-refractivity contribution < 1.29 is 13.9 Å². The number of amides is 1. The van der Waals surface area contributed by atoms with E-state index in [2.05, 4.69) is 11.9 Å². The van der Waals surface area contributed by atoms with Gasteiger partial charge in [0.25, 0.3) is 5.56 Å². The first-order valence-corrected chi connectivity index (χ1v) is 9.59. The zero-order chi connectivity index (χ0) is 22.7. The third-order valence-electron chi connectivity index (χ3n) is 4.70. The molecular weight excluding hydrogens is 397 g/mol. The van der Waals surface area contributed by atoms with E-state index in [4.69, 9.17) is 4.74 Å². The minimum atomic E-state index is -0.482. The molecule has 2 aromatic carbocycles. The molecule has 0 aliphatic heterocycles. The maximum Gasteiger partial charge on any atom is 0.273 e. The van der Waals surface area contributed by atoms with Gasteiger partial charge in [-0.1, -0.05) is 12.6 Å². The molecule has 0 aliphatic carbocycles. The second-order valence-electron chi connectivity index (χ2n) is 7.36. The molecular formula is C24H24FN3O3. The third kappa shape index (κ3) is 4.83. The highest BCUT2D eigenvalue weighted by atomic mass is 19.1. The Morgan fingerprint density at radius 2 is 1.87 bits per heavy atom. The number of nitrogens with zero attached hydrogens (tertiary/aromatic N) is 2. The summed E-state index contributed by atoms with van der Waals surface area (Å²) in [4.78, 5) is 25.9. The number of ether oxygens (including phenoxy) is 1. The first kappa shape index (κ1) is 21.8. The summed E-state index contributed by atoms with van der Waals surface area (Å²) in [6, 6.07) is 11.5. The number of rotatable bonds is 6. The smallest absolute Gasteiger partial charge is 0.273 e. The third-order valence-corrected chi connectivity index (χ3v) is 4.70. The number of aryl methyl sites for hydroxylation is 2. The van der Waals surface area contributed by atoms with E-state index in [1.54, 1.807) is 75.6 Å². The van der Waals surface area contributed by atoms with Crippen molar-refractivity contribution in [3.8, 4) is 22.6 Å². The number of hydrogen-bond donors (Lipinski definition) is 1. The van der Waals surface area contributed by atoms with Gasteiger partial charge >= 0.3 is 0 Å². The molecule has 0 bridgehead atoms. The molecule has 7 heteroatoms. The Hall–Kier alpha value is -3.87. The molecule has 1 N–H and O–H groups in total. The van der Waals surface area contributed by atoms with E-state index in [-0.39, 0.29) is 17.2 Å². The highest BCUT2D eigenvalue weighted by molar-refractivity contribution is 5.99. The molecule has 0 aliphatic rings. The van der Waals surface area contributed by atoms with Crippen LogP contribution >= 0.6 is 0 Å². The summed E-state index contributed by atoms with van der Waals surface area (Å²) in [5.41, 5.74) is 2.87. The summed E-state index contributed by atoms with van der Waals surface area (Å²) in [5.74, 6) is -0.391. The monoisotopic (exact) mass is 421 g/mol. The zero-order valence-corrected chi connectivity index (χ0v) is 17.9. The van der Waals surface area contributed by atoms with Crippen LogP contribution in [0, 0.1) is 12.7 Å².